The molecule has 0 aliphatic heterocycles. The van der Waals surface area contributed by atoms with Gasteiger partial charge in [-0.3, -0.25) is 37.3 Å². The van der Waals surface area contributed by atoms with Crippen molar-refractivity contribution in [3.8, 4) is 0 Å². The number of phosphoric ester groups is 2. The summed E-state index contributed by atoms with van der Waals surface area (Å²) in [7, 11) is -9.96. The van der Waals surface area contributed by atoms with Gasteiger partial charge in [-0.15, -0.1) is 0 Å². The van der Waals surface area contributed by atoms with Gasteiger partial charge in [0.25, 0.3) is 0 Å². The number of unbranched alkanes of at least 4 members (excludes halogenated alkanes) is 39. The molecular formula is C85H152O17P2. The molecule has 0 bridgehead atoms. The van der Waals surface area contributed by atoms with Gasteiger partial charge >= 0.3 is 39.5 Å². The van der Waals surface area contributed by atoms with E-state index in [-0.39, 0.29) is 25.7 Å². The molecule has 104 heavy (non-hydrogen) atoms. The van der Waals surface area contributed by atoms with E-state index in [4.69, 9.17) is 37.0 Å². The molecule has 0 aromatic rings. The van der Waals surface area contributed by atoms with Crippen molar-refractivity contribution in [2.24, 2.45) is 0 Å². The number of aliphatic hydroxyl groups excluding tert-OH is 1. The summed E-state index contributed by atoms with van der Waals surface area (Å²) in [5.74, 6) is -2.19. The molecule has 0 aromatic heterocycles. The van der Waals surface area contributed by atoms with Crippen molar-refractivity contribution in [2.45, 2.75) is 393 Å². The minimum absolute atomic E-state index is 0.0585. The number of carbonyl (C=O) groups excluding carboxylic acids is 4. The molecule has 17 nitrogen and oxygen atoms in total. The Kier molecular flexibility index (Phi) is 74.6. The Bertz CT molecular complexity index is 2300. The van der Waals surface area contributed by atoms with E-state index in [9.17, 15) is 43.2 Å². The van der Waals surface area contributed by atoms with Gasteiger partial charge < -0.3 is 33.8 Å². The molecule has 0 rings (SSSR count). The second-order valence-electron chi connectivity index (χ2n) is 28.1. The van der Waals surface area contributed by atoms with E-state index < -0.39 is 97.5 Å². The van der Waals surface area contributed by atoms with Gasteiger partial charge in [-0.05, 0) is 103 Å². The van der Waals surface area contributed by atoms with Crippen LogP contribution in [0.3, 0.4) is 0 Å². The van der Waals surface area contributed by atoms with E-state index in [0.717, 1.165) is 135 Å². The van der Waals surface area contributed by atoms with Crippen molar-refractivity contribution in [1.29, 1.82) is 0 Å². The van der Waals surface area contributed by atoms with E-state index >= 15 is 0 Å². The molecule has 19 heteroatoms. The number of carbonyl (C=O) groups is 4. The van der Waals surface area contributed by atoms with E-state index in [1.165, 1.54) is 161 Å². The average molecular weight is 1510 g/mol. The molecule has 3 N–H and O–H groups in total. The minimum Gasteiger partial charge on any atom is -0.462 e. The van der Waals surface area contributed by atoms with Crippen molar-refractivity contribution >= 4 is 39.5 Å². The lowest BCUT2D eigenvalue weighted by molar-refractivity contribution is -0.161. The third-order valence-corrected chi connectivity index (χ3v) is 19.8. The predicted octanol–water partition coefficient (Wildman–Crippen LogP) is 24.6. The summed E-state index contributed by atoms with van der Waals surface area (Å²) in [5, 5.41) is 10.7. The Labute approximate surface area is 634 Å². The van der Waals surface area contributed by atoms with Gasteiger partial charge in [0.1, 0.15) is 19.3 Å². The van der Waals surface area contributed by atoms with Gasteiger partial charge in [-0.1, -0.05) is 331 Å². The molecule has 0 aromatic carbocycles. The van der Waals surface area contributed by atoms with Gasteiger partial charge in [-0.2, -0.15) is 0 Å². The van der Waals surface area contributed by atoms with Gasteiger partial charge in [0.2, 0.25) is 0 Å². The van der Waals surface area contributed by atoms with E-state index in [2.05, 4.69) is 113 Å². The highest BCUT2D eigenvalue weighted by Crippen LogP contribution is 2.45. The standard InChI is InChI=1S/C85H152O17P2/c1-5-9-13-17-21-25-29-33-37-38-39-40-44-48-52-56-60-64-68-72-85(90)102-81(76-96-83(88)70-66-62-58-54-50-46-42-35-31-27-23-19-15-11-7-3)78-100-104(93,94)98-74-79(86)73-97-103(91,92)99-77-80(101-84(89)71-67-63-59-55-51-47-43-36-32-28-24-20-16-12-8-4)75-95-82(87)69-65-61-57-53-49-45-41-34-30-26-22-18-14-10-6-2/h9,13,21,24-25,28,33,36-37,39-40,43,48,52,79-81,86H,5-8,10-12,14-20,22-23,26-27,29-32,34-35,38,41-42,44-47,49-51,53-78H2,1-4H3,(H,91,92)(H,93,94)/b13-9-,25-21-,28-24-,37-33-,40-39-,43-36-,52-48-/t79-,80+,81+/m0/s1. The van der Waals surface area contributed by atoms with Crippen molar-refractivity contribution in [1.82, 2.24) is 0 Å². The van der Waals surface area contributed by atoms with Crippen LogP contribution in [0.5, 0.6) is 0 Å². The normalized spacial score (nSPS) is 14.3. The molecule has 0 spiro atoms. The summed E-state index contributed by atoms with van der Waals surface area (Å²) in [6.07, 6.45) is 81.2. The number of aliphatic hydroxyl groups is 1. The number of ether oxygens (including phenoxy) is 4. The van der Waals surface area contributed by atoms with Crippen LogP contribution in [-0.2, 0) is 65.4 Å². The van der Waals surface area contributed by atoms with Crippen LogP contribution < -0.4 is 0 Å². The lowest BCUT2D eigenvalue weighted by atomic mass is 10.0. The Hall–Kier alpha value is -3.76. The van der Waals surface area contributed by atoms with Gasteiger partial charge in [0, 0.05) is 25.7 Å². The van der Waals surface area contributed by atoms with Crippen molar-refractivity contribution in [3.05, 3.63) is 85.1 Å². The molecule has 5 atom stereocenters. The first kappa shape index (κ1) is 100. The lowest BCUT2D eigenvalue weighted by Gasteiger charge is -2.21. The molecule has 0 amide bonds. The van der Waals surface area contributed by atoms with Gasteiger partial charge in [0.15, 0.2) is 12.2 Å². The molecule has 0 saturated heterocycles. The zero-order chi connectivity index (χ0) is 76.0. The summed E-state index contributed by atoms with van der Waals surface area (Å²) in [5.41, 5.74) is 0. The zero-order valence-corrected chi connectivity index (χ0v) is 68.0. The molecular weight excluding hydrogens is 1350 g/mol. The maximum Gasteiger partial charge on any atom is 0.472 e. The summed E-state index contributed by atoms with van der Waals surface area (Å²) in [6, 6.07) is 0. The Morgan fingerprint density at radius 3 is 0.798 bits per heavy atom. The van der Waals surface area contributed by atoms with Crippen molar-refractivity contribution < 1.29 is 80.2 Å². The van der Waals surface area contributed by atoms with E-state index in [1.54, 1.807) is 0 Å². The number of allylic oxidation sites excluding steroid dienone is 14. The van der Waals surface area contributed by atoms with Crippen molar-refractivity contribution in [2.75, 3.05) is 39.6 Å². The zero-order valence-electron chi connectivity index (χ0n) is 66.2. The average Bonchev–Trinajstić information content (AvgIpc) is 0.943. The van der Waals surface area contributed by atoms with Gasteiger partial charge in [0.05, 0.1) is 26.4 Å². The fourth-order valence-electron chi connectivity index (χ4n) is 11.5. The lowest BCUT2D eigenvalue weighted by Crippen LogP contribution is -2.30. The molecule has 2 unspecified atom stereocenters. The minimum atomic E-state index is -4.99. The quantitative estimate of drug-likeness (QED) is 0.0169. The summed E-state index contributed by atoms with van der Waals surface area (Å²) in [4.78, 5) is 73.1. The first-order valence-electron chi connectivity index (χ1n) is 41.8. The smallest absolute Gasteiger partial charge is 0.462 e. The maximum absolute atomic E-state index is 13.1. The van der Waals surface area contributed by atoms with E-state index in [0.29, 0.717) is 25.7 Å². The summed E-state index contributed by atoms with van der Waals surface area (Å²) < 4.78 is 68.7. The fourth-order valence-corrected chi connectivity index (χ4v) is 13.1. The maximum atomic E-state index is 13.1. The highest BCUT2D eigenvalue weighted by atomic mass is 31.2. The Morgan fingerprint density at radius 1 is 0.279 bits per heavy atom. The molecule has 0 aliphatic carbocycles. The predicted molar refractivity (Wildman–Crippen MR) is 427 cm³/mol. The first-order chi connectivity index (χ1) is 50.7. The molecule has 0 saturated carbocycles. The largest absolute Gasteiger partial charge is 0.472 e. The second kappa shape index (κ2) is 77.4. The number of esters is 4. The van der Waals surface area contributed by atoms with Crippen LogP contribution in [0, 0.1) is 0 Å². The SMILES string of the molecule is CC/C=C\C/C=C\C/C=C\C/C=C\C/C=C\CCCCCC(=O)O[C@H](COC(=O)CCCCCCCCCCCCCCCCC)COP(=O)(O)OC[C@@H](O)COP(=O)(O)OC[C@@H](COC(=O)CCCCCCCCCCCCCCCCC)OC(=O)CCCCCCC/C=C\C/C=C\CCCCC. The summed E-state index contributed by atoms with van der Waals surface area (Å²) in [6.45, 7) is 4.76. The number of rotatable bonds is 79. The number of hydrogen-bond acceptors (Lipinski definition) is 15. The fraction of sp³-hybridized carbons (Fsp3) is 0.788. The molecule has 0 fully saturated rings. The topological polar surface area (TPSA) is 237 Å². The number of hydrogen-bond donors (Lipinski definition) is 3. The molecule has 0 heterocycles. The van der Waals surface area contributed by atoms with Crippen LogP contribution in [0.2, 0.25) is 0 Å². The Morgan fingerprint density at radius 2 is 0.500 bits per heavy atom. The third-order valence-electron chi connectivity index (χ3n) is 17.9. The second-order valence-corrected chi connectivity index (χ2v) is 31.0. The molecule has 0 aliphatic rings. The van der Waals surface area contributed by atoms with E-state index in [1.807, 2.05) is 0 Å². The van der Waals surface area contributed by atoms with Crippen LogP contribution in [-0.4, -0.2) is 96.7 Å². The van der Waals surface area contributed by atoms with Crippen LogP contribution >= 0.6 is 15.6 Å². The molecule has 0 radical (unpaired) electrons. The highest BCUT2D eigenvalue weighted by molar-refractivity contribution is 7.47. The first-order valence-corrected chi connectivity index (χ1v) is 44.8. The Balaban J connectivity index is 5.38. The number of phosphoric acid groups is 2. The third kappa shape index (κ3) is 76.4. The van der Waals surface area contributed by atoms with Crippen LogP contribution in [0.1, 0.15) is 374 Å². The highest BCUT2D eigenvalue weighted by Gasteiger charge is 2.30. The van der Waals surface area contributed by atoms with Crippen LogP contribution in [0.25, 0.3) is 0 Å². The monoisotopic (exact) mass is 1510 g/mol. The van der Waals surface area contributed by atoms with Crippen LogP contribution in [0.4, 0.5) is 0 Å². The summed E-state index contributed by atoms with van der Waals surface area (Å²) >= 11 is 0. The van der Waals surface area contributed by atoms with Crippen LogP contribution in [0.15, 0.2) is 85.1 Å². The molecule has 604 valence electrons. The van der Waals surface area contributed by atoms with Gasteiger partial charge in [-0.25, -0.2) is 9.13 Å². The van der Waals surface area contributed by atoms with Crippen molar-refractivity contribution in [3.63, 3.8) is 0 Å².